The quantitative estimate of drug-likeness (QED) is 0.403. The average molecular weight is 470 g/mol. The van der Waals surface area contributed by atoms with E-state index in [0.717, 1.165) is 0 Å². The Kier molecular flexibility index (Phi) is 6.65. The van der Waals surface area contributed by atoms with E-state index in [2.05, 4.69) is 15.6 Å². The molecule has 1 aromatic heterocycles. The van der Waals surface area contributed by atoms with E-state index in [-0.39, 0.29) is 35.5 Å². The number of rotatable bonds is 5. The van der Waals surface area contributed by atoms with Crippen LogP contribution in [-0.4, -0.2) is 11.1 Å². The van der Waals surface area contributed by atoms with Crippen LogP contribution in [0.2, 0.25) is 0 Å². The van der Waals surface area contributed by atoms with Gasteiger partial charge in [0.1, 0.15) is 17.4 Å². The van der Waals surface area contributed by atoms with Gasteiger partial charge in [0.15, 0.2) is 0 Å². The lowest BCUT2D eigenvalue weighted by atomic mass is 10.0. The topological polar surface area (TPSA) is 89.3 Å². The number of ether oxygens (including phenoxy) is 1. The predicted octanol–water partition coefficient (Wildman–Crippen LogP) is 5.92. The third-order valence-electron chi connectivity index (χ3n) is 4.24. The number of hydrogen-bond acceptors (Lipinski definition) is 5. The number of pyridine rings is 1. The zero-order chi connectivity index (χ0) is 24.2. The number of benzene rings is 2. The number of nitrogens with zero attached hydrogens (tertiary/aromatic N) is 1. The molecule has 3 rings (SSSR count). The van der Waals surface area contributed by atoms with Crippen LogP contribution >= 0.6 is 0 Å². The summed E-state index contributed by atoms with van der Waals surface area (Å²) < 4.78 is 82.9. The first-order valence-electron chi connectivity index (χ1n) is 9.24. The lowest BCUT2D eigenvalue weighted by Crippen LogP contribution is -2.18. The molecule has 2 aromatic carbocycles. The van der Waals surface area contributed by atoms with Crippen molar-refractivity contribution in [1.82, 2.24) is 4.98 Å². The van der Waals surface area contributed by atoms with E-state index in [1.54, 1.807) is 30.3 Å². The zero-order valence-corrected chi connectivity index (χ0v) is 16.6. The molecule has 0 fully saturated rings. The fraction of sp³-hybridized carbons (Fsp3) is 0.143. The number of carbonyl (C=O) groups is 1. The number of halogens is 6. The lowest BCUT2D eigenvalue weighted by Gasteiger charge is -2.15. The molecule has 0 atom stereocenters. The summed E-state index contributed by atoms with van der Waals surface area (Å²) in [5.41, 5.74) is 2.78. The minimum Gasteiger partial charge on any atom is -0.410 e. The molecule has 4 N–H and O–H groups in total. The van der Waals surface area contributed by atoms with E-state index in [1.165, 1.54) is 12.1 Å². The summed E-state index contributed by atoms with van der Waals surface area (Å²) in [6.07, 6.45) is -10.7. The third kappa shape index (κ3) is 6.51. The number of hydrogen-bond donors (Lipinski definition) is 3. The molecule has 0 spiro atoms. The van der Waals surface area contributed by atoms with Crippen molar-refractivity contribution in [3.63, 3.8) is 0 Å². The summed E-state index contributed by atoms with van der Waals surface area (Å²) in [4.78, 5) is 15.9. The summed E-state index contributed by atoms with van der Waals surface area (Å²) in [7, 11) is 0. The first kappa shape index (κ1) is 23.7. The van der Waals surface area contributed by atoms with Gasteiger partial charge < -0.3 is 15.8 Å². The maximum Gasteiger partial charge on any atom is 0.417 e. The predicted molar refractivity (Wildman–Crippen MR) is 109 cm³/mol. The molecule has 0 radical (unpaired) electrons. The Balaban J connectivity index is 1.70. The Labute approximate surface area is 183 Å². The van der Waals surface area contributed by atoms with Gasteiger partial charge in [0, 0.05) is 6.54 Å². The van der Waals surface area contributed by atoms with Gasteiger partial charge in [-0.3, -0.25) is 5.32 Å². The highest BCUT2D eigenvalue weighted by molar-refractivity contribution is 5.89. The summed E-state index contributed by atoms with van der Waals surface area (Å²) in [6.45, 7) is -0.387. The van der Waals surface area contributed by atoms with Crippen LogP contribution in [-0.2, 0) is 18.9 Å². The van der Waals surface area contributed by atoms with Crippen LogP contribution in [0.5, 0.6) is 5.75 Å². The Bertz CT molecular complexity index is 1100. The summed E-state index contributed by atoms with van der Waals surface area (Å²) in [5.74, 6) is 0.213. The molecule has 12 heteroatoms. The molecule has 0 aliphatic carbocycles. The largest absolute Gasteiger partial charge is 0.417 e. The maximum atomic E-state index is 13.0. The van der Waals surface area contributed by atoms with Crippen molar-refractivity contribution in [2.45, 2.75) is 18.9 Å². The summed E-state index contributed by atoms with van der Waals surface area (Å²) in [6, 6.07) is 12.2. The number of aromatic nitrogens is 1. The number of amides is 1. The Morgan fingerprint density at radius 1 is 0.909 bits per heavy atom. The Morgan fingerprint density at radius 3 is 2.06 bits per heavy atom. The Morgan fingerprint density at radius 2 is 1.52 bits per heavy atom. The van der Waals surface area contributed by atoms with Crippen LogP contribution < -0.4 is 21.1 Å². The number of nitrogens with one attached hydrogen (secondary N) is 2. The van der Waals surface area contributed by atoms with E-state index in [4.69, 9.17) is 10.5 Å². The van der Waals surface area contributed by atoms with E-state index < -0.39 is 29.6 Å². The number of alkyl halides is 6. The van der Waals surface area contributed by atoms with Crippen LogP contribution in [0.1, 0.15) is 16.7 Å². The van der Waals surface area contributed by atoms with Crippen LogP contribution in [0.4, 0.5) is 48.5 Å². The molecule has 0 aliphatic heterocycles. The van der Waals surface area contributed by atoms with Crippen LogP contribution in [0, 0.1) is 0 Å². The van der Waals surface area contributed by atoms with E-state index in [9.17, 15) is 31.1 Å². The average Bonchev–Trinajstić information content (AvgIpc) is 2.73. The van der Waals surface area contributed by atoms with Gasteiger partial charge in [-0.2, -0.15) is 26.3 Å². The van der Waals surface area contributed by atoms with Gasteiger partial charge in [-0.1, -0.05) is 18.2 Å². The fourth-order valence-electron chi connectivity index (χ4n) is 2.72. The highest BCUT2D eigenvalue weighted by Crippen LogP contribution is 2.36. The molecule has 0 saturated heterocycles. The molecule has 0 unspecified atom stereocenters. The fourth-order valence-corrected chi connectivity index (χ4v) is 2.72. The van der Waals surface area contributed by atoms with Gasteiger partial charge in [-0.25, -0.2) is 9.78 Å². The molecular weight excluding hydrogens is 454 g/mol. The highest BCUT2D eigenvalue weighted by atomic mass is 19.4. The van der Waals surface area contributed by atoms with Crippen molar-refractivity contribution < 1.29 is 35.9 Å². The van der Waals surface area contributed by atoms with E-state index in [0.29, 0.717) is 17.9 Å². The van der Waals surface area contributed by atoms with Crippen molar-refractivity contribution in [3.05, 3.63) is 77.4 Å². The number of nitrogen functional groups attached to an aromatic ring is 1. The van der Waals surface area contributed by atoms with Crippen molar-refractivity contribution in [1.29, 1.82) is 0 Å². The molecule has 1 heterocycles. The van der Waals surface area contributed by atoms with Gasteiger partial charge >= 0.3 is 18.4 Å². The monoisotopic (exact) mass is 470 g/mol. The van der Waals surface area contributed by atoms with Gasteiger partial charge in [0.2, 0.25) is 0 Å². The molecular formula is C21H16F6N4O2. The van der Waals surface area contributed by atoms with Gasteiger partial charge in [0.25, 0.3) is 0 Å². The standard InChI is InChI=1S/C21H16F6N4O2/c22-20(23,24)13-8-12(9-14(10-13)21(25,26)27)11-29-17-7-6-16(18(28)31-17)30-19(32)33-15-4-2-1-3-5-15/h1-10H,11H2,(H,30,32)(H3,28,29,31). The van der Waals surface area contributed by atoms with E-state index in [1.807, 2.05) is 0 Å². The summed E-state index contributed by atoms with van der Waals surface area (Å²) in [5, 5.41) is 4.99. The third-order valence-corrected chi connectivity index (χ3v) is 4.24. The first-order chi connectivity index (χ1) is 15.4. The minimum atomic E-state index is -4.94. The summed E-state index contributed by atoms with van der Waals surface area (Å²) >= 11 is 0. The SMILES string of the molecule is Nc1nc(NCc2cc(C(F)(F)F)cc(C(F)(F)F)c2)ccc1NC(=O)Oc1ccccc1. The molecule has 33 heavy (non-hydrogen) atoms. The molecule has 0 saturated carbocycles. The number of para-hydroxylation sites is 1. The van der Waals surface area contributed by atoms with Crippen LogP contribution in [0.25, 0.3) is 0 Å². The molecule has 6 nitrogen and oxygen atoms in total. The second kappa shape index (κ2) is 9.27. The van der Waals surface area contributed by atoms with Crippen molar-refractivity contribution >= 4 is 23.4 Å². The molecule has 0 bridgehead atoms. The number of nitrogens with two attached hydrogens (primary N) is 1. The maximum absolute atomic E-state index is 13.0. The van der Waals surface area contributed by atoms with E-state index >= 15 is 0 Å². The van der Waals surface area contributed by atoms with Crippen LogP contribution in [0.15, 0.2) is 60.7 Å². The van der Waals surface area contributed by atoms with Crippen molar-refractivity contribution in [2.24, 2.45) is 0 Å². The molecule has 1 amide bonds. The Hall–Kier alpha value is -3.96. The molecule has 0 aliphatic rings. The first-order valence-corrected chi connectivity index (χ1v) is 9.24. The number of anilines is 3. The zero-order valence-electron chi connectivity index (χ0n) is 16.6. The highest BCUT2D eigenvalue weighted by Gasteiger charge is 2.36. The molecule has 174 valence electrons. The smallest absolute Gasteiger partial charge is 0.410 e. The normalized spacial score (nSPS) is 11.7. The van der Waals surface area contributed by atoms with Crippen LogP contribution in [0.3, 0.4) is 0 Å². The lowest BCUT2D eigenvalue weighted by molar-refractivity contribution is -0.143. The van der Waals surface area contributed by atoms with Gasteiger partial charge in [-0.05, 0) is 48.0 Å². The van der Waals surface area contributed by atoms with Crippen molar-refractivity contribution in [3.8, 4) is 5.75 Å². The second-order valence-corrected chi connectivity index (χ2v) is 6.72. The minimum absolute atomic E-state index is 0.0503. The number of carbonyl (C=O) groups excluding carboxylic acids is 1. The molecule has 3 aromatic rings. The van der Waals surface area contributed by atoms with Gasteiger partial charge in [0.05, 0.1) is 16.8 Å². The van der Waals surface area contributed by atoms with Crippen molar-refractivity contribution in [2.75, 3.05) is 16.4 Å². The second-order valence-electron chi connectivity index (χ2n) is 6.72. The van der Waals surface area contributed by atoms with Gasteiger partial charge in [-0.15, -0.1) is 0 Å².